The summed E-state index contributed by atoms with van der Waals surface area (Å²) in [5, 5.41) is 7.47. The van der Waals surface area contributed by atoms with Crippen LogP contribution < -0.4 is 0 Å². The van der Waals surface area contributed by atoms with Crippen molar-refractivity contribution in [2.24, 2.45) is 0 Å². The van der Waals surface area contributed by atoms with E-state index in [-0.39, 0.29) is 0 Å². The monoisotopic (exact) mass is 208 g/mol. The Bertz CT molecular complexity index is 369. The van der Waals surface area contributed by atoms with Crippen molar-refractivity contribution >= 4 is 11.6 Å². The molecule has 1 aromatic carbocycles. The van der Waals surface area contributed by atoms with Gasteiger partial charge in [-0.25, -0.2) is 0 Å². The lowest BCUT2D eigenvalue weighted by atomic mass is 10.2. The minimum Gasteiger partial charge on any atom is -0.278 e. The van der Waals surface area contributed by atoms with Crippen LogP contribution in [-0.4, -0.2) is 10.2 Å². The number of benzene rings is 1. The van der Waals surface area contributed by atoms with Gasteiger partial charge in [0.15, 0.2) is 0 Å². The lowest BCUT2D eigenvalue weighted by Gasteiger charge is -1.96. The third-order valence-electron chi connectivity index (χ3n) is 1.64. The zero-order valence-corrected chi connectivity index (χ0v) is 9.05. The summed E-state index contributed by atoms with van der Waals surface area (Å²) in [5.74, 6) is 0. The minimum absolute atomic E-state index is 0.738. The van der Waals surface area contributed by atoms with E-state index < -0.39 is 0 Å². The van der Waals surface area contributed by atoms with E-state index in [1.165, 1.54) is 0 Å². The summed E-state index contributed by atoms with van der Waals surface area (Å²) in [6.45, 7) is 4.00. The van der Waals surface area contributed by atoms with Crippen LogP contribution in [0.25, 0.3) is 11.3 Å². The average molecular weight is 209 g/mol. The molecule has 3 heteroatoms. The summed E-state index contributed by atoms with van der Waals surface area (Å²) in [6.07, 6.45) is 1.72. The normalized spacial score (nSPS) is 9.07. The van der Waals surface area contributed by atoms with E-state index in [0.717, 1.165) is 16.3 Å². The predicted molar refractivity (Wildman–Crippen MR) is 60.4 cm³/mol. The Morgan fingerprint density at radius 2 is 2.00 bits per heavy atom. The second-order valence-electron chi connectivity index (χ2n) is 2.48. The van der Waals surface area contributed by atoms with E-state index >= 15 is 0 Å². The molecule has 0 atom stereocenters. The molecule has 0 unspecified atom stereocenters. The second kappa shape index (κ2) is 5.45. The summed E-state index contributed by atoms with van der Waals surface area (Å²) in [6, 6.07) is 9.56. The summed E-state index contributed by atoms with van der Waals surface area (Å²) in [7, 11) is 0. The van der Waals surface area contributed by atoms with E-state index in [9.17, 15) is 0 Å². The Kier molecular flexibility index (Phi) is 4.20. The third-order valence-corrected chi connectivity index (χ3v) is 1.87. The number of H-pyrrole nitrogens is 1. The topological polar surface area (TPSA) is 28.7 Å². The van der Waals surface area contributed by atoms with Gasteiger partial charge in [-0.05, 0) is 18.2 Å². The molecule has 0 saturated heterocycles. The van der Waals surface area contributed by atoms with Crippen LogP contribution in [0, 0.1) is 0 Å². The molecule has 0 aliphatic carbocycles. The lowest BCUT2D eigenvalue weighted by molar-refractivity contribution is 1.10. The first-order valence-electron chi connectivity index (χ1n) is 4.61. The molecule has 0 spiro atoms. The van der Waals surface area contributed by atoms with E-state index in [1.807, 2.05) is 44.2 Å². The summed E-state index contributed by atoms with van der Waals surface area (Å²) in [5.41, 5.74) is 2.04. The van der Waals surface area contributed by atoms with Crippen molar-refractivity contribution in [3.8, 4) is 11.3 Å². The fourth-order valence-corrected chi connectivity index (χ4v) is 1.26. The van der Waals surface area contributed by atoms with Crippen LogP contribution in [0.1, 0.15) is 13.8 Å². The second-order valence-corrected chi connectivity index (χ2v) is 2.92. The number of rotatable bonds is 1. The van der Waals surface area contributed by atoms with E-state index in [1.54, 1.807) is 6.20 Å². The maximum absolute atomic E-state index is 5.83. The molecule has 2 rings (SSSR count). The number of hydrogen-bond acceptors (Lipinski definition) is 1. The maximum Gasteiger partial charge on any atom is 0.0650 e. The molecule has 0 amide bonds. The molecule has 74 valence electrons. The molecule has 14 heavy (non-hydrogen) atoms. The molecule has 1 heterocycles. The molecular formula is C11H13ClN2. The van der Waals surface area contributed by atoms with Crippen molar-refractivity contribution in [3.63, 3.8) is 0 Å². The smallest absolute Gasteiger partial charge is 0.0650 e. The van der Waals surface area contributed by atoms with E-state index in [0.29, 0.717) is 0 Å². The standard InChI is InChI=1S/C9H7ClN2.C2H6/c10-8-3-1-2-7(6-8)9-4-5-11-12-9;1-2/h1-6H,(H,11,12);1-2H3. The molecular weight excluding hydrogens is 196 g/mol. The van der Waals surface area contributed by atoms with Gasteiger partial charge in [-0.2, -0.15) is 5.10 Å². The third kappa shape index (κ3) is 2.60. The highest BCUT2D eigenvalue weighted by Crippen LogP contribution is 2.19. The molecule has 2 nitrogen and oxygen atoms in total. The van der Waals surface area contributed by atoms with E-state index in [4.69, 9.17) is 11.6 Å². The molecule has 0 radical (unpaired) electrons. The van der Waals surface area contributed by atoms with Gasteiger partial charge in [-0.1, -0.05) is 37.6 Å². The van der Waals surface area contributed by atoms with Crippen molar-refractivity contribution in [3.05, 3.63) is 41.6 Å². The van der Waals surface area contributed by atoms with Gasteiger partial charge in [-0.15, -0.1) is 0 Å². The molecule has 0 bridgehead atoms. The largest absolute Gasteiger partial charge is 0.278 e. The lowest BCUT2D eigenvalue weighted by Crippen LogP contribution is -1.76. The molecule has 0 fully saturated rings. The number of nitrogens with zero attached hydrogens (tertiary/aromatic N) is 1. The molecule has 1 N–H and O–H groups in total. The van der Waals surface area contributed by atoms with Crippen molar-refractivity contribution in [1.29, 1.82) is 0 Å². The Labute approximate surface area is 88.9 Å². The fourth-order valence-electron chi connectivity index (χ4n) is 1.07. The van der Waals surface area contributed by atoms with Crippen LogP contribution in [0.3, 0.4) is 0 Å². The Morgan fingerprint density at radius 1 is 1.21 bits per heavy atom. The maximum atomic E-state index is 5.83. The van der Waals surface area contributed by atoms with Crippen molar-refractivity contribution in [2.45, 2.75) is 13.8 Å². The van der Waals surface area contributed by atoms with Crippen LogP contribution in [0.2, 0.25) is 5.02 Å². The minimum atomic E-state index is 0.738. The molecule has 0 aliphatic rings. The number of nitrogens with one attached hydrogen (secondary N) is 1. The fraction of sp³-hybridized carbons (Fsp3) is 0.182. The van der Waals surface area contributed by atoms with Gasteiger partial charge in [-0.3, -0.25) is 5.10 Å². The van der Waals surface area contributed by atoms with E-state index in [2.05, 4.69) is 10.2 Å². The quantitative estimate of drug-likeness (QED) is 0.760. The van der Waals surface area contributed by atoms with Gasteiger partial charge in [0.2, 0.25) is 0 Å². The first kappa shape index (κ1) is 10.8. The van der Waals surface area contributed by atoms with Crippen LogP contribution in [0.15, 0.2) is 36.5 Å². The summed E-state index contributed by atoms with van der Waals surface area (Å²) >= 11 is 5.83. The van der Waals surface area contributed by atoms with Crippen LogP contribution in [0.5, 0.6) is 0 Å². The molecule has 0 aliphatic heterocycles. The van der Waals surface area contributed by atoms with Crippen LogP contribution in [-0.2, 0) is 0 Å². The van der Waals surface area contributed by atoms with Crippen LogP contribution >= 0.6 is 11.6 Å². The molecule has 2 aromatic rings. The summed E-state index contributed by atoms with van der Waals surface area (Å²) in [4.78, 5) is 0. The van der Waals surface area contributed by atoms with Gasteiger partial charge < -0.3 is 0 Å². The van der Waals surface area contributed by atoms with Gasteiger partial charge >= 0.3 is 0 Å². The number of halogens is 1. The first-order valence-corrected chi connectivity index (χ1v) is 4.99. The highest BCUT2D eigenvalue weighted by molar-refractivity contribution is 6.30. The molecule has 1 aromatic heterocycles. The summed E-state index contributed by atoms with van der Waals surface area (Å²) < 4.78 is 0. The predicted octanol–water partition coefficient (Wildman–Crippen LogP) is 3.76. The SMILES string of the molecule is CC.Clc1cccc(-c2ccn[nH]2)c1. The highest BCUT2D eigenvalue weighted by Gasteiger charge is 1.97. The highest BCUT2D eigenvalue weighted by atomic mass is 35.5. The Balaban J connectivity index is 0.000000461. The van der Waals surface area contributed by atoms with Gasteiger partial charge in [0.05, 0.1) is 5.69 Å². The van der Waals surface area contributed by atoms with Crippen molar-refractivity contribution in [2.75, 3.05) is 0 Å². The first-order chi connectivity index (χ1) is 6.86. The van der Waals surface area contributed by atoms with Gasteiger partial charge in [0, 0.05) is 16.8 Å². The number of aromatic nitrogens is 2. The van der Waals surface area contributed by atoms with Crippen molar-refractivity contribution < 1.29 is 0 Å². The van der Waals surface area contributed by atoms with Gasteiger partial charge in [0.1, 0.15) is 0 Å². The Morgan fingerprint density at radius 3 is 2.57 bits per heavy atom. The zero-order valence-electron chi connectivity index (χ0n) is 8.29. The number of aromatic amines is 1. The van der Waals surface area contributed by atoms with Crippen molar-refractivity contribution in [1.82, 2.24) is 10.2 Å². The average Bonchev–Trinajstić information content (AvgIpc) is 2.74. The van der Waals surface area contributed by atoms with Crippen LogP contribution in [0.4, 0.5) is 0 Å². The molecule has 0 saturated carbocycles. The van der Waals surface area contributed by atoms with Gasteiger partial charge in [0.25, 0.3) is 0 Å². The number of hydrogen-bond donors (Lipinski definition) is 1. The Hall–Kier alpha value is -1.28. The zero-order chi connectivity index (χ0) is 10.4.